The summed E-state index contributed by atoms with van der Waals surface area (Å²) in [5.74, 6) is 0.0256. The maximum absolute atomic E-state index is 12.2. The molecule has 1 fully saturated rings. The second-order valence-electron chi connectivity index (χ2n) is 7.54. The minimum absolute atomic E-state index is 0.0256. The quantitative estimate of drug-likeness (QED) is 0.798. The van der Waals surface area contributed by atoms with Gasteiger partial charge in [-0.3, -0.25) is 9.78 Å². The van der Waals surface area contributed by atoms with Gasteiger partial charge in [-0.15, -0.1) is 0 Å². The van der Waals surface area contributed by atoms with Crippen LogP contribution in [0.15, 0.2) is 24.4 Å². The molecule has 0 unspecified atom stereocenters. The van der Waals surface area contributed by atoms with Crippen LogP contribution in [0.1, 0.15) is 31.4 Å². The lowest BCUT2D eigenvalue weighted by atomic mass is 9.91. The number of carbonyl (C=O) groups is 1. The van der Waals surface area contributed by atoms with Gasteiger partial charge in [-0.2, -0.15) is 0 Å². The van der Waals surface area contributed by atoms with Crippen molar-refractivity contribution in [1.29, 1.82) is 0 Å². The van der Waals surface area contributed by atoms with Crippen molar-refractivity contribution in [3.8, 4) is 0 Å². The van der Waals surface area contributed by atoms with E-state index in [9.17, 15) is 9.90 Å². The van der Waals surface area contributed by atoms with E-state index >= 15 is 0 Å². The molecule has 0 spiro atoms. The molecule has 7 nitrogen and oxygen atoms in total. The maximum Gasteiger partial charge on any atom is 0.222 e. The highest BCUT2D eigenvalue weighted by atomic mass is 16.3. The molecule has 1 aliphatic rings. The molecule has 2 aromatic heterocycles. The van der Waals surface area contributed by atoms with Crippen LogP contribution in [-0.4, -0.2) is 64.7 Å². The van der Waals surface area contributed by atoms with E-state index in [1.807, 2.05) is 25.1 Å². The van der Waals surface area contributed by atoms with Gasteiger partial charge in [-0.05, 0) is 50.9 Å². The lowest BCUT2D eigenvalue weighted by molar-refractivity contribution is -0.133. The number of β-amino-alcohol motifs (C(OH)–C–C–N with tert-alkyl or cyclic N) is 1. The Morgan fingerprint density at radius 3 is 3.00 bits per heavy atom. The lowest BCUT2D eigenvalue weighted by Crippen LogP contribution is -2.54. The highest BCUT2D eigenvalue weighted by molar-refractivity contribution is 5.88. The van der Waals surface area contributed by atoms with Crippen LogP contribution in [0.5, 0.6) is 0 Å². The second-order valence-corrected chi connectivity index (χ2v) is 7.54. The van der Waals surface area contributed by atoms with Crippen LogP contribution in [0.4, 0.5) is 5.69 Å². The van der Waals surface area contributed by atoms with Crippen LogP contribution in [-0.2, 0) is 4.79 Å². The van der Waals surface area contributed by atoms with Crippen molar-refractivity contribution < 1.29 is 9.90 Å². The predicted molar refractivity (Wildman–Crippen MR) is 107 cm³/mol. The summed E-state index contributed by atoms with van der Waals surface area (Å²) >= 11 is 0. The number of aryl methyl sites for hydroxylation is 1. The molecule has 0 bridgehead atoms. The topological polar surface area (TPSA) is 95.6 Å². The third-order valence-corrected chi connectivity index (χ3v) is 5.15. The molecule has 1 amide bonds. The molecule has 1 saturated heterocycles. The Morgan fingerprint density at radius 2 is 2.22 bits per heavy atom. The number of rotatable bonds is 6. The number of aromatic nitrogens is 2. The molecule has 0 aromatic carbocycles. The van der Waals surface area contributed by atoms with Gasteiger partial charge in [0, 0.05) is 38.4 Å². The Labute approximate surface area is 160 Å². The van der Waals surface area contributed by atoms with Gasteiger partial charge < -0.3 is 20.6 Å². The molecule has 0 aliphatic carbocycles. The number of anilines is 1. The van der Waals surface area contributed by atoms with E-state index in [4.69, 9.17) is 5.73 Å². The summed E-state index contributed by atoms with van der Waals surface area (Å²) in [4.78, 5) is 25.1. The van der Waals surface area contributed by atoms with E-state index in [1.54, 1.807) is 18.1 Å². The normalized spacial score (nSPS) is 20.1. The number of pyridine rings is 2. The number of hydrogen-bond donors (Lipinski definition) is 2. The molecule has 3 N–H and O–H groups in total. The van der Waals surface area contributed by atoms with Gasteiger partial charge >= 0.3 is 0 Å². The largest absolute Gasteiger partial charge is 0.386 e. The molecule has 1 aliphatic heterocycles. The minimum Gasteiger partial charge on any atom is -0.386 e. The summed E-state index contributed by atoms with van der Waals surface area (Å²) in [7, 11) is 1.75. The molecular weight excluding hydrogens is 342 g/mol. The molecule has 2 aromatic rings. The van der Waals surface area contributed by atoms with E-state index in [-0.39, 0.29) is 5.91 Å². The van der Waals surface area contributed by atoms with E-state index in [0.29, 0.717) is 38.9 Å². The zero-order chi connectivity index (χ0) is 19.4. The summed E-state index contributed by atoms with van der Waals surface area (Å²) in [6, 6.07) is 5.88. The molecule has 3 rings (SSSR count). The average molecular weight is 371 g/mol. The van der Waals surface area contributed by atoms with Crippen molar-refractivity contribution in [2.75, 3.05) is 38.1 Å². The van der Waals surface area contributed by atoms with Crippen molar-refractivity contribution in [3.63, 3.8) is 0 Å². The monoisotopic (exact) mass is 371 g/mol. The van der Waals surface area contributed by atoms with Gasteiger partial charge in [0.2, 0.25) is 5.91 Å². The Balaban J connectivity index is 1.78. The third-order valence-electron chi connectivity index (χ3n) is 5.15. The summed E-state index contributed by atoms with van der Waals surface area (Å²) in [6.07, 6.45) is 4.40. The standard InChI is InChI=1S/C20H29N5O2/c1-15-6-7-16-19(23-15)17(8-11-22-16)25-12-4-9-20(27,14-25)13-24(2)18(26)5-3-10-21/h6-8,11,27H,3-5,9-10,12-14,21H2,1-2H3/t20-/m1/s1. The predicted octanol–water partition coefficient (Wildman–Crippen LogP) is 1.47. The van der Waals surface area contributed by atoms with E-state index in [2.05, 4.69) is 14.9 Å². The Morgan fingerprint density at radius 1 is 1.41 bits per heavy atom. The Hall–Kier alpha value is -2.25. The molecule has 7 heteroatoms. The average Bonchev–Trinajstić information content (AvgIpc) is 2.65. The Kier molecular flexibility index (Phi) is 5.92. The molecule has 0 radical (unpaired) electrons. The maximum atomic E-state index is 12.2. The highest BCUT2D eigenvalue weighted by Gasteiger charge is 2.36. The van der Waals surface area contributed by atoms with Crippen LogP contribution in [0.25, 0.3) is 11.0 Å². The number of nitrogens with zero attached hydrogens (tertiary/aromatic N) is 4. The number of hydrogen-bond acceptors (Lipinski definition) is 6. The van der Waals surface area contributed by atoms with Gasteiger partial charge in [0.05, 0.1) is 23.3 Å². The first kappa shape index (κ1) is 19.5. The Bertz CT molecular complexity index is 812. The van der Waals surface area contributed by atoms with Gasteiger partial charge in [0.1, 0.15) is 5.52 Å². The van der Waals surface area contributed by atoms with E-state index < -0.39 is 5.60 Å². The van der Waals surface area contributed by atoms with Gasteiger partial charge in [-0.1, -0.05) is 0 Å². The molecule has 27 heavy (non-hydrogen) atoms. The van der Waals surface area contributed by atoms with Crippen LogP contribution in [0.2, 0.25) is 0 Å². The van der Waals surface area contributed by atoms with Crippen LogP contribution in [0.3, 0.4) is 0 Å². The number of fused-ring (bicyclic) bond motifs is 1. The summed E-state index contributed by atoms with van der Waals surface area (Å²) in [6.45, 7) is 4.10. The van der Waals surface area contributed by atoms with Crippen molar-refractivity contribution in [2.24, 2.45) is 5.73 Å². The lowest BCUT2D eigenvalue weighted by Gasteiger charge is -2.42. The number of piperidine rings is 1. The highest BCUT2D eigenvalue weighted by Crippen LogP contribution is 2.30. The number of nitrogens with two attached hydrogens (primary N) is 1. The van der Waals surface area contributed by atoms with E-state index in [0.717, 1.165) is 35.4 Å². The molecule has 0 saturated carbocycles. The molecular formula is C20H29N5O2. The van der Waals surface area contributed by atoms with Crippen molar-refractivity contribution >= 4 is 22.6 Å². The third kappa shape index (κ3) is 4.54. The smallest absolute Gasteiger partial charge is 0.222 e. The van der Waals surface area contributed by atoms with Gasteiger partial charge in [0.15, 0.2) is 0 Å². The molecule has 3 heterocycles. The molecule has 146 valence electrons. The fourth-order valence-corrected chi connectivity index (χ4v) is 3.79. The summed E-state index contributed by atoms with van der Waals surface area (Å²) in [5, 5.41) is 11.2. The SMILES string of the molecule is Cc1ccc2nccc(N3CCC[C@@](O)(CN(C)C(=O)CCCN)C3)c2n1. The number of aliphatic hydroxyl groups is 1. The number of amides is 1. The van der Waals surface area contributed by atoms with Gasteiger partial charge in [0.25, 0.3) is 0 Å². The van der Waals surface area contributed by atoms with Crippen molar-refractivity contribution in [3.05, 3.63) is 30.1 Å². The fourth-order valence-electron chi connectivity index (χ4n) is 3.79. The first-order valence-corrected chi connectivity index (χ1v) is 9.56. The van der Waals surface area contributed by atoms with Crippen LogP contribution in [0, 0.1) is 6.92 Å². The van der Waals surface area contributed by atoms with Gasteiger partial charge in [-0.25, -0.2) is 4.98 Å². The van der Waals surface area contributed by atoms with Crippen molar-refractivity contribution in [2.45, 2.75) is 38.2 Å². The van der Waals surface area contributed by atoms with Crippen molar-refractivity contribution in [1.82, 2.24) is 14.9 Å². The first-order valence-electron chi connectivity index (χ1n) is 9.56. The summed E-state index contributed by atoms with van der Waals surface area (Å²) in [5.41, 5.74) is 8.18. The minimum atomic E-state index is -0.940. The molecule has 1 atom stereocenters. The zero-order valence-corrected chi connectivity index (χ0v) is 16.2. The number of likely N-dealkylation sites (N-methyl/N-ethyl adjacent to an activating group) is 1. The number of carbonyl (C=O) groups excluding carboxylic acids is 1. The second kappa shape index (κ2) is 8.19. The first-order chi connectivity index (χ1) is 12.9. The summed E-state index contributed by atoms with van der Waals surface area (Å²) < 4.78 is 0. The van der Waals surface area contributed by atoms with Crippen LogP contribution >= 0.6 is 0 Å². The fraction of sp³-hybridized carbons (Fsp3) is 0.550. The van der Waals surface area contributed by atoms with E-state index in [1.165, 1.54) is 0 Å². The zero-order valence-electron chi connectivity index (χ0n) is 16.2. The van der Waals surface area contributed by atoms with Crippen LogP contribution < -0.4 is 10.6 Å².